The van der Waals surface area contributed by atoms with Crippen LogP contribution in [0.5, 0.6) is 0 Å². The Kier molecular flexibility index (Phi) is 3.62. The van der Waals surface area contributed by atoms with Gasteiger partial charge in [0.15, 0.2) is 0 Å². The van der Waals surface area contributed by atoms with E-state index < -0.39 is 5.91 Å². The molecular weight excluding hydrogens is 230 g/mol. The van der Waals surface area contributed by atoms with Gasteiger partial charge in [0.2, 0.25) is 11.8 Å². The van der Waals surface area contributed by atoms with E-state index in [4.69, 9.17) is 5.73 Å². The summed E-state index contributed by atoms with van der Waals surface area (Å²) in [6.45, 7) is 2.72. The average Bonchev–Trinajstić information content (AvgIpc) is 2.85. The minimum absolute atomic E-state index is 0.0255. The monoisotopic (exact) mass is 247 g/mol. The molecule has 2 amide bonds. The fourth-order valence-electron chi connectivity index (χ4n) is 2.09. The Morgan fingerprint density at radius 2 is 2.22 bits per heavy atom. The molecule has 1 fully saturated rings. The van der Waals surface area contributed by atoms with Gasteiger partial charge in [0.05, 0.1) is 6.04 Å². The number of aryl methyl sites for hydroxylation is 1. The number of nitrogens with one attached hydrogen (secondary N) is 2. The molecule has 4 N–H and O–H groups in total. The van der Waals surface area contributed by atoms with E-state index in [1.807, 2.05) is 6.92 Å². The minimum atomic E-state index is -0.464. The van der Waals surface area contributed by atoms with Crippen molar-refractivity contribution in [3.05, 3.63) is 29.3 Å². The molecule has 0 saturated carbocycles. The van der Waals surface area contributed by atoms with Gasteiger partial charge in [-0.1, -0.05) is 0 Å². The van der Waals surface area contributed by atoms with E-state index >= 15 is 0 Å². The van der Waals surface area contributed by atoms with Crippen molar-refractivity contribution < 1.29 is 9.59 Å². The molecule has 1 aliphatic heterocycles. The number of primary amides is 1. The van der Waals surface area contributed by atoms with Crippen molar-refractivity contribution >= 4 is 17.5 Å². The van der Waals surface area contributed by atoms with Crippen molar-refractivity contribution in [3.63, 3.8) is 0 Å². The summed E-state index contributed by atoms with van der Waals surface area (Å²) < 4.78 is 0. The fourth-order valence-corrected chi connectivity index (χ4v) is 2.09. The summed E-state index contributed by atoms with van der Waals surface area (Å²) >= 11 is 0. The van der Waals surface area contributed by atoms with E-state index in [9.17, 15) is 9.59 Å². The Balaban J connectivity index is 2.09. The topological polar surface area (TPSA) is 84.2 Å². The number of hydrogen-bond acceptors (Lipinski definition) is 3. The number of rotatable bonds is 3. The van der Waals surface area contributed by atoms with Gasteiger partial charge in [-0.15, -0.1) is 0 Å². The summed E-state index contributed by atoms with van der Waals surface area (Å²) in [5, 5.41) is 6.00. The minimum Gasteiger partial charge on any atom is -0.366 e. The van der Waals surface area contributed by atoms with Gasteiger partial charge in [0.1, 0.15) is 0 Å². The van der Waals surface area contributed by atoms with E-state index in [1.165, 1.54) is 0 Å². The van der Waals surface area contributed by atoms with Crippen LogP contribution in [0.25, 0.3) is 0 Å². The van der Waals surface area contributed by atoms with Crippen LogP contribution in [-0.4, -0.2) is 24.4 Å². The maximum absolute atomic E-state index is 11.9. The smallest absolute Gasteiger partial charge is 0.248 e. The molecular formula is C13H17N3O2. The zero-order valence-electron chi connectivity index (χ0n) is 10.3. The van der Waals surface area contributed by atoms with Gasteiger partial charge in [-0.3, -0.25) is 9.59 Å². The Labute approximate surface area is 106 Å². The van der Waals surface area contributed by atoms with Crippen LogP contribution in [0.15, 0.2) is 18.2 Å². The Morgan fingerprint density at radius 1 is 1.44 bits per heavy atom. The van der Waals surface area contributed by atoms with E-state index in [-0.39, 0.29) is 11.9 Å². The normalized spacial score (nSPS) is 18.6. The van der Waals surface area contributed by atoms with Crippen LogP contribution in [0.2, 0.25) is 0 Å². The Morgan fingerprint density at radius 3 is 2.78 bits per heavy atom. The third-order valence-electron chi connectivity index (χ3n) is 3.15. The molecule has 2 rings (SSSR count). The molecule has 1 aromatic rings. The van der Waals surface area contributed by atoms with Crippen molar-refractivity contribution in [1.82, 2.24) is 5.32 Å². The summed E-state index contributed by atoms with van der Waals surface area (Å²) in [5.74, 6) is -0.490. The van der Waals surface area contributed by atoms with E-state index in [0.717, 1.165) is 30.6 Å². The second kappa shape index (κ2) is 5.18. The Hall–Kier alpha value is -1.88. The highest BCUT2D eigenvalue weighted by Gasteiger charge is 2.22. The highest BCUT2D eigenvalue weighted by atomic mass is 16.2. The van der Waals surface area contributed by atoms with E-state index in [1.54, 1.807) is 18.2 Å². The first-order valence-corrected chi connectivity index (χ1v) is 6.02. The molecule has 0 unspecified atom stereocenters. The van der Waals surface area contributed by atoms with Crippen LogP contribution in [0.1, 0.15) is 28.8 Å². The third-order valence-corrected chi connectivity index (χ3v) is 3.15. The molecule has 5 nitrogen and oxygen atoms in total. The maximum atomic E-state index is 11.9. The lowest BCUT2D eigenvalue weighted by molar-refractivity contribution is -0.117. The summed E-state index contributed by atoms with van der Waals surface area (Å²) in [5.41, 5.74) is 7.20. The predicted octanol–water partition coefficient (Wildman–Crippen LogP) is 0.784. The number of benzene rings is 1. The molecule has 0 aliphatic carbocycles. The first kappa shape index (κ1) is 12.6. The van der Waals surface area contributed by atoms with Gasteiger partial charge in [-0.25, -0.2) is 0 Å². The first-order chi connectivity index (χ1) is 8.58. The number of nitrogens with two attached hydrogens (primary N) is 1. The van der Waals surface area contributed by atoms with Crippen LogP contribution in [0, 0.1) is 6.92 Å². The summed E-state index contributed by atoms with van der Waals surface area (Å²) in [6, 6.07) is 4.90. The van der Waals surface area contributed by atoms with Gasteiger partial charge in [-0.2, -0.15) is 0 Å². The number of hydrogen-bond donors (Lipinski definition) is 3. The summed E-state index contributed by atoms with van der Waals surface area (Å²) in [4.78, 5) is 22.9. The summed E-state index contributed by atoms with van der Waals surface area (Å²) in [6.07, 6.45) is 1.89. The lowest BCUT2D eigenvalue weighted by Gasteiger charge is -2.13. The van der Waals surface area contributed by atoms with E-state index in [2.05, 4.69) is 10.6 Å². The fraction of sp³-hybridized carbons (Fsp3) is 0.385. The van der Waals surface area contributed by atoms with Crippen LogP contribution >= 0.6 is 0 Å². The van der Waals surface area contributed by atoms with Crippen LogP contribution < -0.4 is 16.4 Å². The first-order valence-electron chi connectivity index (χ1n) is 6.02. The van der Waals surface area contributed by atoms with Crippen molar-refractivity contribution in [2.45, 2.75) is 25.8 Å². The molecule has 5 heteroatoms. The zero-order valence-corrected chi connectivity index (χ0v) is 10.3. The molecule has 1 heterocycles. The van der Waals surface area contributed by atoms with Crippen LogP contribution in [-0.2, 0) is 4.79 Å². The SMILES string of the molecule is Cc1cc(C(N)=O)ccc1NC(=O)[C@H]1CCCN1. The molecule has 96 valence electrons. The molecule has 1 aromatic carbocycles. The second-order valence-electron chi connectivity index (χ2n) is 4.53. The number of carbonyl (C=O) groups is 2. The maximum Gasteiger partial charge on any atom is 0.248 e. The highest BCUT2D eigenvalue weighted by Crippen LogP contribution is 2.17. The van der Waals surface area contributed by atoms with Crippen molar-refractivity contribution in [2.24, 2.45) is 5.73 Å². The zero-order chi connectivity index (χ0) is 13.1. The number of carbonyl (C=O) groups excluding carboxylic acids is 2. The summed E-state index contributed by atoms with van der Waals surface area (Å²) in [7, 11) is 0. The van der Waals surface area contributed by atoms with Gasteiger partial charge in [-0.05, 0) is 50.1 Å². The van der Waals surface area contributed by atoms with Gasteiger partial charge in [0, 0.05) is 11.3 Å². The molecule has 0 aromatic heterocycles. The lowest BCUT2D eigenvalue weighted by atomic mass is 10.1. The number of amides is 2. The van der Waals surface area contributed by atoms with Crippen molar-refractivity contribution in [3.8, 4) is 0 Å². The molecule has 0 radical (unpaired) electrons. The van der Waals surface area contributed by atoms with Crippen molar-refractivity contribution in [1.29, 1.82) is 0 Å². The van der Waals surface area contributed by atoms with Crippen molar-refractivity contribution in [2.75, 3.05) is 11.9 Å². The second-order valence-corrected chi connectivity index (χ2v) is 4.53. The quantitative estimate of drug-likeness (QED) is 0.738. The molecule has 18 heavy (non-hydrogen) atoms. The molecule has 0 bridgehead atoms. The lowest BCUT2D eigenvalue weighted by Crippen LogP contribution is -2.35. The standard InChI is InChI=1S/C13H17N3O2/c1-8-7-9(12(14)17)4-5-10(8)16-13(18)11-3-2-6-15-11/h4-5,7,11,15H,2-3,6H2,1H3,(H2,14,17)(H,16,18)/t11-/m1/s1. The van der Waals surface area contributed by atoms with Gasteiger partial charge in [0.25, 0.3) is 0 Å². The predicted molar refractivity (Wildman–Crippen MR) is 69.4 cm³/mol. The average molecular weight is 247 g/mol. The molecule has 1 atom stereocenters. The van der Waals surface area contributed by atoms with Gasteiger partial charge < -0.3 is 16.4 Å². The largest absolute Gasteiger partial charge is 0.366 e. The third kappa shape index (κ3) is 2.68. The van der Waals surface area contributed by atoms with Crippen LogP contribution in [0.3, 0.4) is 0 Å². The molecule has 1 saturated heterocycles. The van der Waals surface area contributed by atoms with Gasteiger partial charge >= 0.3 is 0 Å². The Bertz CT molecular complexity index is 479. The molecule has 0 spiro atoms. The highest BCUT2D eigenvalue weighted by molar-refractivity contribution is 5.97. The number of anilines is 1. The van der Waals surface area contributed by atoms with E-state index in [0.29, 0.717) is 5.56 Å². The van der Waals surface area contributed by atoms with Crippen LogP contribution in [0.4, 0.5) is 5.69 Å². The molecule has 1 aliphatic rings.